The molecule has 0 aromatic rings. The van der Waals surface area contributed by atoms with Crippen molar-refractivity contribution in [2.24, 2.45) is 0 Å². The first-order valence-corrected chi connectivity index (χ1v) is 24.7. The first-order valence-electron chi connectivity index (χ1n) is 23.2. The number of hydrogen-bond acceptors (Lipinski definition) is 8. The van der Waals surface area contributed by atoms with Gasteiger partial charge in [-0.05, 0) is 70.6 Å². The Morgan fingerprint density at radius 2 is 0.947 bits per heavy atom. The predicted molar refractivity (Wildman–Crippen MR) is 236 cm³/mol. The highest BCUT2D eigenvalue weighted by atomic mass is 31.2. The number of phosphoric acid groups is 1. The van der Waals surface area contributed by atoms with E-state index in [0.29, 0.717) is 17.4 Å². The average Bonchev–Trinajstić information content (AvgIpc) is 3.16. The van der Waals surface area contributed by atoms with E-state index in [1.807, 2.05) is 21.1 Å². The molecule has 0 fully saturated rings. The van der Waals surface area contributed by atoms with E-state index in [9.17, 15) is 19.0 Å². The molecule has 0 rings (SSSR count). The lowest BCUT2D eigenvalue weighted by Gasteiger charge is -2.28. The van der Waals surface area contributed by atoms with Crippen LogP contribution in [0.5, 0.6) is 0 Å². The molecule has 10 heteroatoms. The van der Waals surface area contributed by atoms with Crippen molar-refractivity contribution in [1.29, 1.82) is 0 Å². The third-order valence-electron chi connectivity index (χ3n) is 9.88. The number of carbonyl (C=O) groups excluding carboxylic acids is 2. The second-order valence-corrected chi connectivity index (χ2v) is 18.2. The van der Waals surface area contributed by atoms with Gasteiger partial charge in [0.25, 0.3) is 7.82 Å². The molecule has 0 aliphatic heterocycles. The number of allylic oxidation sites excluding steroid dienone is 6. The number of nitrogens with zero attached hydrogens (tertiary/aromatic N) is 1. The number of quaternary nitrogens is 1. The first-order chi connectivity index (χ1) is 27.5. The normalized spacial score (nSPS) is 13.9. The van der Waals surface area contributed by atoms with Crippen molar-refractivity contribution < 1.29 is 42.1 Å². The number of rotatable bonds is 42. The highest BCUT2D eigenvalue weighted by Gasteiger charge is 2.21. The number of esters is 2. The summed E-state index contributed by atoms with van der Waals surface area (Å²) in [5.74, 6) is -0.850. The Balaban J connectivity index is 4.35. The number of unbranched alkanes of at least 4 members (excludes halogenated alkanes) is 22. The molecule has 0 amide bonds. The van der Waals surface area contributed by atoms with Crippen molar-refractivity contribution in [3.63, 3.8) is 0 Å². The summed E-state index contributed by atoms with van der Waals surface area (Å²) >= 11 is 0. The number of phosphoric ester groups is 1. The minimum absolute atomic E-state index is 0.0338. The molecule has 0 heterocycles. The molecule has 1 unspecified atom stereocenters. The summed E-state index contributed by atoms with van der Waals surface area (Å²) in [4.78, 5) is 37.6. The van der Waals surface area contributed by atoms with Gasteiger partial charge in [0.1, 0.15) is 19.8 Å². The summed E-state index contributed by atoms with van der Waals surface area (Å²) in [6, 6.07) is 0. The van der Waals surface area contributed by atoms with Gasteiger partial charge in [-0.2, -0.15) is 0 Å². The van der Waals surface area contributed by atoms with Crippen molar-refractivity contribution in [3.05, 3.63) is 36.5 Å². The zero-order valence-corrected chi connectivity index (χ0v) is 38.4. The molecule has 0 saturated heterocycles. The monoisotopic (exact) mass is 826 g/mol. The van der Waals surface area contributed by atoms with Gasteiger partial charge in [0, 0.05) is 12.8 Å². The Morgan fingerprint density at radius 1 is 0.544 bits per heavy atom. The Hall–Kier alpha value is -1.77. The van der Waals surface area contributed by atoms with Crippen LogP contribution in [0.1, 0.15) is 200 Å². The van der Waals surface area contributed by atoms with Crippen LogP contribution in [-0.4, -0.2) is 70.0 Å². The van der Waals surface area contributed by atoms with Gasteiger partial charge < -0.3 is 27.9 Å². The molecular weight excluding hydrogens is 737 g/mol. The Kier molecular flexibility index (Phi) is 38.4. The van der Waals surface area contributed by atoms with Gasteiger partial charge in [0.05, 0.1) is 27.7 Å². The molecule has 0 aliphatic rings. The quantitative estimate of drug-likeness (QED) is 0.0197. The van der Waals surface area contributed by atoms with Crippen LogP contribution in [0.2, 0.25) is 0 Å². The van der Waals surface area contributed by atoms with E-state index < -0.39 is 32.5 Å². The largest absolute Gasteiger partial charge is 0.756 e. The second kappa shape index (κ2) is 39.7. The molecule has 0 N–H and O–H groups in total. The van der Waals surface area contributed by atoms with E-state index in [-0.39, 0.29) is 26.1 Å². The molecular formula is C47H88NO8P. The fourth-order valence-electron chi connectivity index (χ4n) is 6.21. The minimum atomic E-state index is -4.63. The number of hydrogen-bond donors (Lipinski definition) is 0. The van der Waals surface area contributed by atoms with Crippen LogP contribution in [0, 0.1) is 0 Å². The smallest absolute Gasteiger partial charge is 0.306 e. The van der Waals surface area contributed by atoms with Gasteiger partial charge in [-0.25, -0.2) is 0 Å². The molecule has 0 aromatic heterocycles. The van der Waals surface area contributed by atoms with Crippen LogP contribution >= 0.6 is 7.82 Å². The third kappa shape index (κ3) is 43.6. The molecule has 0 bridgehead atoms. The Morgan fingerprint density at radius 3 is 1.44 bits per heavy atom. The lowest BCUT2D eigenvalue weighted by molar-refractivity contribution is -0.870. The summed E-state index contributed by atoms with van der Waals surface area (Å²) in [6.07, 6.45) is 44.5. The van der Waals surface area contributed by atoms with Gasteiger partial charge in [-0.3, -0.25) is 14.2 Å². The van der Waals surface area contributed by atoms with Gasteiger partial charge >= 0.3 is 11.9 Å². The van der Waals surface area contributed by atoms with Gasteiger partial charge in [0.15, 0.2) is 6.10 Å². The van der Waals surface area contributed by atoms with Crippen LogP contribution in [0.25, 0.3) is 0 Å². The Labute approximate surface area is 351 Å². The highest BCUT2D eigenvalue weighted by Crippen LogP contribution is 2.38. The van der Waals surface area contributed by atoms with Gasteiger partial charge in [-0.15, -0.1) is 0 Å². The second-order valence-electron chi connectivity index (χ2n) is 16.8. The maximum atomic E-state index is 12.7. The topological polar surface area (TPSA) is 111 Å². The summed E-state index contributed by atoms with van der Waals surface area (Å²) in [5.41, 5.74) is 0. The number of likely N-dealkylation sites (N-methyl/N-ethyl adjacent to an activating group) is 1. The average molecular weight is 826 g/mol. The maximum Gasteiger partial charge on any atom is 0.306 e. The summed E-state index contributed by atoms with van der Waals surface area (Å²) in [6.45, 7) is 4.19. The van der Waals surface area contributed by atoms with Crippen LogP contribution in [0.3, 0.4) is 0 Å². The zero-order valence-electron chi connectivity index (χ0n) is 37.5. The third-order valence-corrected chi connectivity index (χ3v) is 10.8. The molecule has 0 aliphatic carbocycles. The zero-order chi connectivity index (χ0) is 42.1. The van der Waals surface area contributed by atoms with Crippen molar-refractivity contribution >= 4 is 19.8 Å². The predicted octanol–water partition coefficient (Wildman–Crippen LogP) is 12.7. The van der Waals surface area contributed by atoms with Crippen LogP contribution < -0.4 is 4.89 Å². The molecule has 9 nitrogen and oxygen atoms in total. The van der Waals surface area contributed by atoms with E-state index in [1.165, 1.54) is 96.3 Å². The number of carbonyl (C=O) groups is 2. The van der Waals surface area contributed by atoms with E-state index in [4.69, 9.17) is 18.5 Å². The fourth-order valence-corrected chi connectivity index (χ4v) is 6.94. The number of ether oxygens (including phenoxy) is 2. The van der Waals surface area contributed by atoms with Crippen LogP contribution in [0.15, 0.2) is 36.5 Å². The highest BCUT2D eigenvalue weighted by molar-refractivity contribution is 7.45. The molecule has 57 heavy (non-hydrogen) atoms. The molecule has 0 saturated carbocycles. The van der Waals surface area contributed by atoms with Crippen molar-refractivity contribution in [1.82, 2.24) is 0 Å². The van der Waals surface area contributed by atoms with Crippen molar-refractivity contribution in [3.8, 4) is 0 Å². The minimum Gasteiger partial charge on any atom is -0.756 e. The SMILES string of the molecule is CCCCC/C=C\C/C=C\CCCCCCCCCC(=O)O[C@H](COC(=O)CCCCCCC/C=C\CCCCCCCCC)COP(=O)([O-])OCC[N+](C)(C)C. The fraction of sp³-hybridized carbons (Fsp3) is 0.830. The summed E-state index contributed by atoms with van der Waals surface area (Å²) < 4.78 is 33.9. The van der Waals surface area contributed by atoms with E-state index in [2.05, 4.69) is 50.3 Å². The molecule has 334 valence electrons. The summed E-state index contributed by atoms with van der Waals surface area (Å²) in [5, 5.41) is 0. The van der Waals surface area contributed by atoms with Crippen LogP contribution in [0.4, 0.5) is 0 Å². The van der Waals surface area contributed by atoms with Gasteiger partial charge in [0.2, 0.25) is 0 Å². The first kappa shape index (κ1) is 55.2. The lowest BCUT2D eigenvalue weighted by Crippen LogP contribution is -2.37. The van der Waals surface area contributed by atoms with Crippen LogP contribution in [-0.2, 0) is 32.7 Å². The van der Waals surface area contributed by atoms with Gasteiger partial charge in [-0.1, -0.05) is 153 Å². The molecule has 0 spiro atoms. The molecule has 2 atom stereocenters. The van der Waals surface area contributed by atoms with E-state index in [1.54, 1.807) is 0 Å². The van der Waals surface area contributed by atoms with Crippen molar-refractivity contribution in [2.45, 2.75) is 206 Å². The molecule has 0 radical (unpaired) electrons. The van der Waals surface area contributed by atoms with E-state index >= 15 is 0 Å². The van der Waals surface area contributed by atoms with Crippen molar-refractivity contribution in [2.75, 3.05) is 47.5 Å². The maximum absolute atomic E-state index is 12.7. The Bertz CT molecular complexity index is 1070. The standard InChI is InChI=1S/C47H88NO8P/c1-6-8-10-12-14-16-18-20-22-24-26-28-30-32-34-36-38-40-47(50)56-45(44-55-57(51,52)54-42-41-48(3,4)5)43-53-46(49)39-37-35-33-31-29-27-25-23-21-19-17-15-13-11-9-7-2/h14,16,20,22-23,25,45H,6-13,15,17-19,21,24,26-44H2,1-5H3/b16-14-,22-20-,25-23-/t45-/m1/s1. The summed E-state index contributed by atoms with van der Waals surface area (Å²) in [7, 11) is 1.16. The van der Waals surface area contributed by atoms with E-state index in [0.717, 1.165) is 70.6 Å². The molecule has 0 aromatic carbocycles. The lowest BCUT2D eigenvalue weighted by atomic mass is 10.1.